The van der Waals surface area contributed by atoms with Gasteiger partial charge in [0, 0.05) is 12.0 Å². The summed E-state index contributed by atoms with van der Waals surface area (Å²) in [6.07, 6.45) is 2.39. The molecular formula is C31H26N2O5S. The van der Waals surface area contributed by atoms with Gasteiger partial charge >= 0.3 is 5.91 Å². The van der Waals surface area contributed by atoms with Crippen molar-refractivity contribution in [3.8, 4) is 11.5 Å². The number of aryl methyl sites for hydroxylation is 1. The SMILES string of the molecule is C=CCOc1ccc(C2/C(=C(\O)c3ccc4c(c3)CC(C)O4)C(=O)C(=O)N2c2nc3ccc(C)cc3s2)cc1. The van der Waals surface area contributed by atoms with Crippen LogP contribution in [0.3, 0.4) is 0 Å². The lowest BCUT2D eigenvalue weighted by Crippen LogP contribution is -2.29. The van der Waals surface area contributed by atoms with Crippen molar-refractivity contribution >= 4 is 44.1 Å². The molecule has 0 aliphatic carbocycles. The number of aliphatic hydroxyl groups is 1. The van der Waals surface area contributed by atoms with Crippen LogP contribution in [0.25, 0.3) is 16.0 Å². The third-order valence-corrected chi connectivity index (χ3v) is 7.93. The van der Waals surface area contributed by atoms with Crippen LogP contribution in [0, 0.1) is 6.92 Å². The van der Waals surface area contributed by atoms with E-state index in [0.29, 0.717) is 35.0 Å². The van der Waals surface area contributed by atoms with Gasteiger partial charge in [0.05, 0.1) is 21.8 Å². The van der Waals surface area contributed by atoms with Crippen molar-refractivity contribution in [2.24, 2.45) is 0 Å². The van der Waals surface area contributed by atoms with Crippen LogP contribution in [0.5, 0.6) is 11.5 Å². The number of hydrogen-bond acceptors (Lipinski definition) is 7. The molecule has 39 heavy (non-hydrogen) atoms. The molecule has 0 bridgehead atoms. The number of thiazole rings is 1. The molecule has 0 radical (unpaired) electrons. The molecular weight excluding hydrogens is 512 g/mol. The molecule has 1 saturated heterocycles. The molecule has 0 saturated carbocycles. The molecule has 2 atom stereocenters. The molecule has 1 fully saturated rings. The number of ether oxygens (including phenoxy) is 2. The topological polar surface area (TPSA) is 89.0 Å². The number of carbonyl (C=O) groups excluding carboxylic acids is 2. The highest BCUT2D eigenvalue weighted by Crippen LogP contribution is 2.45. The third kappa shape index (κ3) is 4.36. The normalized spacial score (nSPS) is 19.8. The monoisotopic (exact) mass is 538 g/mol. The Labute approximate surface area is 229 Å². The average molecular weight is 539 g/mol. The fourth-order valence-corrected chi connectivity index (χ4v) is 6.18. The zero-order valence-electron chi connectivity index (χ0n) is 21.5. The van der Waals surface area contributed by atoms with Crippen LogP contribution < -0.4 is 14.4 Å². The average Bonchev–Trinajstić information content (AvgIpc) is 3.59. The standard InChI is InChI=1S/C31H26N2O5S/c1-4-13-37-22-9-6-19(7-10-22)27-26(28(34)20-8-12-24-21(16-20)15-18(3)38-24)29(35)30(36)33(27)31-32-23-11-5-17(2)14-25(23)39-31/h4-12,14,16,18,27,34H,1,13,15H2,2-3H3/b28-26+. The second-order valence-corrected chi connectivity index (χ2v) is 10.8. The Hall–Kier alpha value is -4.43. The number of Topliss-reactive ketones (excluding diaryl/α,β-unsaturated/α-hetero) is 1. The maximum absolute atomic E-state index is 13.6. The number of hydrogen-bond donors (Lipinski definition) is 1. The summed E-state index contributed by atoms with van der Waals surface area (Å²) in [7, 11) is 0. The zero-order valence-corrected chi connectivity index (χ0v) is 22.3. The van der Waals surface area contributed by atoms with E-state index in [1.165, 1.54) is 16.2 Å². The van der Waals surface area contributed by atoms with Crippen molar-refractivity contribution in [1.29, 1.82) is 0 Å². The molecule has 7 nitrogen and oxygen atoms in total. The Kier molecular flexibility index (Phi) is 6.19. The Morgan fingerprint density at radius 3 is 2.74 bits per heavy atom. The molecule has 1 amide bonds. The Bertz CT molecular complexity index is 1670. The van der Waals surface area contributed by atoms with Gasteiger partial charge in [0.25, 0.3) is 5.78 Å². The number of rotatable bonds is 6. The van der Waals surface area contributed by atoms with E-state index in [1.807, 2.05) is 38.1 Å². The molecule has 4 aromatic rings. The lowest BCUT2D eigenvalue weighted by Gasteiger charge is -2.23. The van der Waals surface area contributed by atoms with Gasteiger partial charge in [0.2, 0.25) is 0 Å². The second-order valence-electron chi connectivity index (χ2n) is 9.76. The maximum atomic E-state index is 13.6. The van der Waals surface area contributed by atoms with Crippen LogP contribution in [0.4, 0.5) is 5.13 Å². The first-order valence-corrected chi connectivity index (χ1v) is 13.5. The van der Waals surface area contributed by atoms with Gasteiger partial charge in [-0.15, -0.1) is 0 Å². The van der Waals surface area contributed by atoms with Crippen molar-refractivity contribution in [1.82, 2.24) is 4.98 Å². The van der Waals surface area contributed by atoms with Gasteiger partial charge in [-0.25, -0.2) is 4.98 Å². The fraction of sp³-hybridized carbons (Fsp3) is 0.194. The summed E-state index contributed by atoms with van der Waals surface area (Å²) in [5.74, 6) is -0.339. The van der Waals surface area contributed by atoms with Gasteiger partial charge in [-0.1, -0.05) is 42.2 Å². The largest absolute Gasteiger partial charge is 0.507 e. The van der Waals surface area contributed by atoms with E-state index in [1.54, 1.807) is 42.5 Å². The highest BCUT2D eigenvalue weighted by atomic mass is 32.1. The van der Waals surface area contributed by atoms with E-state index in [4.69, 9.17) is 14.5 Å². The van der Waals surface area contributed by atoms with E-state index in [-0.39, 0.29) is 17.4 Å². The minimum atomic E-state index is -0.872. The Morgan fingerprint density at radius 1 is 1.18 bits per heavy atom. The minimum absolute atomic E-state index is 0.0158. The molecule has 1 aromatic heterocycles. The van der Waals surface area contributed by atoms with Gasteiger partial charge in [-0.3, -0.25) is 14.5 Å². The van der Waals surface area contributed by atoms with Crippen LogP contribution >= 0.6 is 11.3 Å². The molecule has 2 aliphatic rings. The van der Waals surface area contributed by atoms with Crippen LogP contribution in [0.15, 0.2) is 78.9 Å². The van der Waals surface area contributed by atoms with Gasteiger partial charge in [-0.2, -0.15) is 0 Å². The van der Waals surface area contributed by atoms with E-state index in [2.05, 4.69) is 6.58 Å². The smallest absolute Gasteiger partial charge is 0.301 e. The van der Waals surface area contributed by atoms with Crippen molar-refractivity contribution < 1.29 is 24.2 Å². The maximum Gasteiger partial charge on any atom is 0.301 e. The van der Waals surface area contributed by atoms with Gasteiger partial charge in [0.15, 0.2) is 5.13 Å². The predicted molar refractivity (Wildman–Crippen MR) is 152 cm³/mol. The quantitative estimate of drug-likeness (QED) is 0.138. The summed E-state index contributed by atoms with van der Waals surface area (Å²) in [6, 6.07) is 17.5. The lowest BCUT2D eigenvalue weighted by atomic mass is 9.94. The summed E-state index contributed by atoms with van der Waals surface area (Å²) in [5.41, 5.74) is 3.88. The number of nitrogens with zero attached hydrogens (tertiary/aromatic N) is 2. The number of fused-ring (bicyclic) bond motifs is 2. The van der Waals surface area contributed by atoms with Crippen LogP contribution in [0.1, 0.15) is 35.2 Å². The molecule has 3 heterocycles. The molecule has 196 valence electrons. The van der Waals surface area contributed by atoms with Crippen LogP contribution in [-0.4, -0.2) is 34.5 Å². The van der Waals surface area contributed by atoms with Crippen LogP contribution in [0.2, 0.25) is 0 Å². The van der Waals surface area contributed by atoms with Gasteiger partial charge in [0.1, 0.15) is 30.0 Å². The lowest BCUT2D eigenvalue weighted by molar-refractivity contribution is -0.132. The van der Waals surface area contributed by atoms with E-state index < -0.39 is 17.7 Å². The highest BCUT2D eigenvalue weighted by molar-refractivity contribution is 7.22. The number of anilines is 1. The summed E-state index contributed by atoms with van der Waals surface area (Å²) >= 11 is 1.34. The minimum Gasteiger partial charge on any atom is -0.507 e. The van der Waals surface area contributed by atoms with Gasteiger partial charge < -0.3 is 14.6 Å². The van der Waals surface area contributed by atoms with Gasteiger partial charge in [-0.05, 0) is 73.0 Å². The van der Waals surface area contributed by atoms with Crippen molar-refractivity contribution in [2.75, 3.05) is 11.5 Å². The summed E-state index contributed by atoms with van der Waals surface area (Å²) in [4.78, 5) is 33.2. The Morgan fingerprint density at radius 2 is 1.97 bits per heavy atom. The third-order valence-electron chi connectivity index (χ3n) is 6.92. The van der Waals surface area contributed by atoms with E-state index in [0.717, 1.165) is 27.1 Å². The predicted octanol–water partition coefficient (Wildman–Crippen LogP) is 6.12. The summed E-state index contributed by atoms with van der Waals surface area (Å²) < 4.78 is 12.3. The number of amides is 1. The highest BCUT2D eigenvalue weighted by Gasteiger charge is 2.48. The molecule has 1 N–H and O–H groups in total. The zero-order chi connectivity index (χ0) is 27.3. The molecule has 0 spiro atoms. The number of benzene rings is 3. The van der Waals surface area contributed by atoms with Crippen LogP contribution in [-0.2, 0) is 16.0 Å². The molecule has 2 aliphatic heterocycles. The number of ketones is 1. The van der Waals surface area contributed by atoms with E-state index >= 15 is 0 Å². The van der Waals surface area contributed by atoms with Crippen molar-refractivity contribution in [3.05, 3.63) is 101 Å². The summed E-state index contributed by atoms with van der Waals surface area (Å²) in [5, 5.41) is 11.9. The molecule has 2 unspecified atom stereocenters. The first-order valence-electron chi connectivity index (χ1n) is 12.7. The van der Waals surface area contributed by atoms with Crippen molar-refractivity contribution in [3.63, 3.8) is 0 Å². The first kappa shape index (κ1) is 24.9. The Balaban J connectivity index is 1.50. The first-order chi connectivity index (χ1) is 18.8. The molecule has 6 rings (SSSR count). The number of aliphatic hydroxyl groups excluding tert-OH is 1. The second kappa shape index (κ2) is 9.71. The summed E-state index contributed by atoms with van der Waals surface area (Å²) in [6.45, 7) is 7.99. The number of carbonyl (C=O) groups is 2. The molecule has 8 heteroatoms. The molecule has 3 aromatic carbocycles. The van der Waals surface area contributed by atoms with Crippen molar-refractivity contribution in [2.45, 2.75) is 32.4 Å². The number of aromatic nitrogens is 1. The van der Waals surface area contributed by atoms with E-state index in [9.17, 15) is 14.7 Å². The fourth-order valence-electron chi connectivity index (χ4n) is 5.09.